The van der Waals surface area contributed by atoms with E-state index in [4.69, 9.17) is 4.98 Å². The molecule has 47 heavy (non-hydrogen) atoms. The van der Waals surface area contributed by atoms with E-state index in [1.54, 1.807) is 0 Å². The molecule has 0 saturated heterocycles. The highest BCUT2D eigenvalue weighted by Gasteiger charge is 2.20. The molecule has 0 radical (unpaired) electrons. The summed E-state index contributed by atoms with van der Waals surface area (Å²) in [6, 6.07) is 52.7. The van der Waals surface area contributed by atoms with Crippen LogP contribution in [0.4, 0.5) is 0 Å². The van der Waals surface area contributed by atoms with Gasteiger partial charge in [0, 0.05) is 32.7 Å². The zero-order valence-electron chi connectivity index (χ0n) is 26.7. The number of rotatable bonds is 4. The number of pyridine rings is 1. The highest BCUT2D eigenvalue weighted by molar-refractivity contribution is 6.11. The zero-order valence-corrected chi connectivity index (χ0v) is 26.7. The molecular weight excluding hydrogens is 571 g/mol. The average molecular weight is 604 g/mol. The van der Waals surface area contributed by atoms with Gasteiger partial charge in [0.05, 0.1) is 33.4 Å². The van der Waals surface area contributed by atoms with Crippen LogP contribution in [0, 0.1) is 20.8 Å². The number of fused-ring (bicyclic) bond motifs is 6. The van der Waals surface area contributed by atoms with E-state index in [2.05, 4.69) is 175 Å². The molecule has 3 aromatic heterocycles. The molecule has 0 bridgehead atoms. The first kappa shape index (κ1) is 27.4. The number of para-hydroxylation sites is 3. The number of nitrogens with zero attached hydrogens (tertiary/aromatic N) is 3. The normalized spacial score (nSPS) is 11.7. The number of benzene rings is 6. The molecule has 0 fully saturated rings. The fraction of sp³-hybridized carbons (Fsp3) is 0.0682. The van der Waals surface area contributed by atoms with Crippen LogP contribution in [-0.4, -0.2) is 14.1 Å². The Hall–Kier alpha value is -5.93. The lowest BCUT2D eigenvalue weighted by atomic mass is 9.96. The maximum Gasteiger partial charge on any atom is 0.138 e. The van der Waals surface area contributed by atoms with E-state index in [1.807, 2.05) is 0 Å². The Bertz CT molecular complexity index is 2600. The summed E-state index contributed by atoms with van der Waals surface area (Å²) in [6.45, 7) is 6.60. The minimum atomic E-state index is 0.903. The molecule has 0 aliphatic heterocycles. The van der Waals surface area contributed by atoms with Gasteiger partial charge in [-0.15, -0.1) is 0 Å². The van der Waals surface area contributed by atoms with Crippen molar-refractivity contribution >= 4 is 43.6 Å². The molecule has 0 unspecified atom stereocenters. The molecule has 0 aliphatic carbocycles. The van der Waals surface area contributed by atoms with Gasteiger partial charge in [-0.25, -0.2) is 4.98 Å². The topological polar surface area (TPSA) is 22.8 Å². The van der Waals surface area contributed by atoms with Gasteiger partial charge in [0.25, 0.3) is 0 Å². The second-order valence-electron chi connectivity index (χ2n) is 12.7. The minimum Gasteiger partial charge on any atom is -0.309 e. The first-order valence-electron chi connectivity index (χ1n) is 16.2. The maximum absolute atomic E-state index is 5.37. The van der Waals surface area contributed by atoms with Gasteiger partial charge >= 0.3 is 0 Å². The first-order valence-corrected chi connectivity index (χ1v) is 16.2. The van der Waals surface area contributed by atoms with Gasteiger partial charge in [0.2, 0.25) is 0 Å². The van der Waals surface area contributed by atoms with E-state index >= 15 is 0 Å². The molecular formula is C44H33N3. The van der Waals surface area contributed by atoms with Crippen LogP contribution in [0.15, 0.2) is 146 Å². The van der Waals surface area contributed by atoms with Crippen LogP contribution in [0.1, 0.15) is 16.7 Å². The van der Waals surface area contributed by atoms with Crippen molar-refractivity contribution in [1.82, 2.24) is 14.1 Å². The SMILES string of the molecule is Cc1ccc2c(c1)c1ccccc1n2-c1cc(C)c(C)cc1-c1cc(-c2ccccc2)nc(-n2c3ccccc3c3ccccc32)c1. The molecule has 3 heteroatoms. The highest BCUT2D eigenvalue weighted by Crippen LogP contribution is 2.40. The molecule has 0 amide bonds. The molecule has 0 spiro atoms. The van der Waals surface area contributed by atoms with Gasteiger partial charge in [-0.3, -0.25) is 4.57 Å². The predicted octanol–water partition coefficient (Wildman–Crippen LogP) is 11.5. The molecule has 9 aromatic rings. The van der Waals surface area contributed by atoms with Crippen molar-refractivity contribution < 1.29 is 0 Å². The number of hydrogen-bond donors (Lipinski definition) is 0. The summed E-state index contributed by atoms with van der Waals surface area (Å²) >= 11 is 0. The molecule has 0 N–H and O–H groups in total. The third kappa shape index (κ3) is 4.31. The van der Waals surface area contributed by atoms with Gasteiger partial charge in [0.1, 0.15) is 5.82 Å². The smallest absolute Gasteiger partial charge is 0.138 e. The molecule has 0 saturated carbocycles. The van der Waals surface area contributed by atoms with Crippen LogP contribution in [0.25, 0.3) is 77.5 Å². The van der Waals surface area contributed by atoms with Crippen molar-refractivity contribution in [2.75, 3.05) is 0 Å². The summed E-state index contributed by atoms with van der Waals surface area (Å²) in [6.07, 6.45) is 0. The van der Waals surface area contributed by atoms with Gasteiger partial charge < -0.3 is 4.57 Å². The largest absolute Gasteiger partial charge is 0.309 e. The summed E-state index contributed by atoms with van der Waals surface area (Å²) in [4.78, 5) is 5.37. The fourth-order valence-corrected chi connectivity index (χ4v) is 7.28. The second kappa shape index (κ2) is 10.6. The summed E-state index contributed by atoms with van der Waals surface area (Å²) in [5, 5.41) is 4.99. The van der Waals surface area contributed by atoms with Crippen molar-refractivity contribution in [2.24, 2.45) is 0 Å². The number of aryl methyl sites for hydroxylation is 3. The van der Waals surface area contributed by atoms with Crippen molar-refractivity contribution in [3.8, 4) is 33.9 Å². The van der Waals surface area contributed by atoms with Crippen LogP contribution < -0.4 is 0 Å². The maximum atomic E-state index is 5.37. The lowest BCUT2D eigenvalue weighted by Gasteiger charge is -2.19. The third-order valence-corrected chi connectivity index (χ3v) is 9.68. The van der Waals surface area contributed by atoms with Crippen molar-refractivity contribution in [1.29, 1.82) is 0 Å². The van der Waals surface area contributed by atoms with E-state index in [0.717, 1.165) is 33.7 Å². The van der Waals surface area contributed by atoms with E-state index in [-0.39, 0.29) is 0 Å². The summed E-state index contributed by atoms with van der Waals surface area (Å²) in [7, 11) is 0. The van der Waals surface area contributed by atoms with Crippen molar-refractivity contribution in [3.63, 3.8) is 0 Å². The Morgan fingerprint density at radius 3 is 1.66 bits per heavy atom. The van der Waals surface area contributed by atoms with E-state index in [1.165, 1.54) is 60.5 Å². The molecule has 3 heterocycles. The summed E-state index contributed by atoms with van der Waals surface area (Å²) in [5.41, 5.74) is 14.0. The molecule has 0 atom stereocenters. The van der Waals surface area contributed by atoms with Gasteiger partial charge in [-0.05, 0) is 92.1 Å². The zero-order chi connectivity index (χ0) is 31.6. The minimum absolute atomic E-state index is 0.903. The predicted molar refractivity (Wildman–Crippen MR) is 198 cm³/mol. The molecule has 3 nitrogen and oxygen atoms in total. The Kier molecular flexibility index (Phi) is 6.16. The van der Waals surface area contributed by atoms with E-state index in [9.17, 15) is 0 Å². The van der Waals surface area contributed by atoms with E-state index in [0.29, 0.717) is 0 Å². The van der Waals surface area contributed by atoms with Gasteiger partial charge in [0.15, 0.2) is 0 Å². The van der Waals surface area contributed by atoms with Gasteiger partial charge in [-0.1, -0.05) is 96.6 Å². The molecule has 224 valence electrons. The number of hydrogen-bond acceptors (Lipinski definition) is 1. The summed E-state index contributed by atoms with van der Waals surface area (Å²) in [5.74, 6) is 0.903. The van der Waals surface area contributed by atoms with Crippen molar-refractivity contribution in [2.45, 2.75) is 20.8 Å². The Labute approximate surface area is 274 Å². The number of aromatic nitrogens is 3. The Morgan fingerprint density at radius 2 is 0.979 bits per heavy atom. The van der Waals surface area contributed by atoms with Crippen molar-refractivity contribution in [3.05, 3.63) is 162 Å². The fourth-order valence-electron chi connectivity index (χ4n) is 7.28. The van der Waals surface area contributed by atoms with Crippen LogP contribution in [0.5, 0.6) is 0 Å². The summed E-state index contributed by atoms with van der Waals surface area (Å²) < 4.78 is 4.78. The lowest BCUT2D eigenvalue weighted by molar-refractivity contribution is 1.08. The second-order valence-corrected chi connectivity index (χ2v) is 12.7. The third-order valence-electron chi connectivity index (χ3n) is 9.68. The highest BCUT2D eigenvalue weighted by atomic mass is 15.1. The standard InChI is InChI=1S/C44H33N3/c1-28-21-22-42-37(23-28)35-17-9-10-18-39(35)46(42)43-25-30(3)29(2)24-36(43)32-26-38(31-13-5-4-6-14-31)45-44(27-32)47-40-19-11-7-15-33(40)34-16-8-12-20-41(34)47/h4-27H,1-3H3. The quantitative estimate of drug-likeness (QED) is 0.196. The lowest BCUT2D eigenvalue weighted by Crippen LogP contribution is -2.03. The average Bonchev–Trinajstić information content (AvgIpc) is 3.62. The van der Waals surface area contributed by atoms with Crippen LogP contribution >= 0.6 is 0 Å². The first-order chi connectivity index (χ1) is 23.0. The van der Waals surface area contributed by atoms with E-state index < -0.39 is 0 Å². The molecule has 6 aromatic carbocycles. The Morgan fingerprint density at radius 1 is 0.426 bits per heavy atom. The molecule has 0 aliphatic rings. The monoisotopic (exact) mass is 603 g/mol. The van der Waals surface area contributed by atoms with Crippen LogP contribution in [0.3, 0.4) is 0 Å². The Balaban J connectivity index is 1.39. The van der Waals surface area contributed by atoms with Gasteiger partial charge in [-0.2, -0.15) is 0 Å². The van der Waals surface area contributed by atoms with Crippen LogP contribution in [-0.2, 0) is 0 Å². The van der Waals surface area contributed by atoms with Crippen LogP contribution in [0.2, 0.25) is 0 Å². The molecule has 9 rings (SSSR count).